The van der Waals surface area contributed by atoms with Crippen LogP contribution < -0.4 is 5.32 Å². The molecule has 0 saturated heterocycles. The smallest absolute Gasteiger partial charge is 0.0312 e. The lowest BCUT2D eigenvalue weighted by Gasteiger charge is -2.14. The lowest BCUT2D eigenvalue weighted by Crippen LogP contribution is -2.18. The highest BCUT2D eigenvalue weighted by Gasteiger charge is 2.04. The van der Waals surface area contributed by atoms with E-state index < -0.39 is 0 Å². The summed E-state index contributed by atoms with van der Waals surface area (Å²) in [5, 5.41) is 3.51. The van der Waals surface area contributed by atoms with Crippen molar-refractivity contribution in [2.75, 3.05) is 6.26 Å². The van der Waals surface area contributed by atoms with Crippen molar-refractivity contribution in [3.63, 3.8) is 0 Å². The van der Waals surface area contributed by atoms with Gasteiger partial charge >= 0.3 is 0 Å². The van der Waals surface area contributed by atoms with Crippen LogP contribution in [0, 0.1) is 0 Å². The summed E-state index contributed by atoms with van der Waals surface area (Å²) in [5.74, 6) is 0. The monoisotopic (exact) mass is 258 g/mol. The second-order valence-corrected chi connectivity index (χ2v) is 5.12. The molecule has 1 N–H and O–H groups in total. The molecule has 0 radical (unpaired) electrons. The highest BCUT2D eigenvalue weighted by atomic mass is 32.2. The van der Waals surface area contributed by atoms with E-state index in [2.05, 4.69) is 53.8 Å². The average molecular weight is 258 g/mol. The predicted molar refractivity (Wildman–Crippen MR) is 77.7 cm³/mol. The SMILES string of the molecule is CSc1ccc(C(C)NCc2cccnc2)cc1. The second kappa shape index (κ2) is 6.57. The molecule has 0 fully saturated rings. The summed E-state index contributed by atoms with van der Waals surface area (Å²) in [6, 6.07) is 13.1. The van der Waals surface area contributed by atoms with Gasteiger partial charge in [-0.2, -0.15) is 0 Å². The van der Waals surface area contributed by atoms with Crippen LogP contribution in [0.15, 0.2) is 53.7 Å². The molecule has 1 unspecified atom stereocenters. The van der Waals surface area contributed by atoms with E-state index in [1.807, 2.05) is 12.3 Å². The third-order valence-electron chi connectivity index (χ3n) is 2.95. The van der Waals surface area contributed by atoms with E-state index in [1.54, 1.807) is 18.0 Å². The van der Waals surface area contributed by atoms with E-state index in [-0.39, 0.29) is 0 Å². The maximum Gasteiger partial charge on any atom is 0.0312 e. The van der Waals surface area contributed by atoms with Crippen molar-refractivity contribution < 1.29 is 0 Å². The fourth-order valence-electron chi connectivity index (χ4n) is 1.78. The number of nitrogens with one attached hydrogen (secondary N) is 1. The molecule has 0 aliphatic carbocycles. The molecule has 18 heavy (non-hydrogen) atoms. The molecule has 0 bridgehead atoms. The maximum atomic E-state index is 4.12. The standard InChI is InChI=1S/C15H18N2S/c1-12(14-5-7-15(18-2)8-6-14)17-11-13-4-3-9-16-10-13/h3-10,12,17H,11H2,1-2H3. The molecule has 1 heterocycles. The Labute approximate surface area is 113 Å². The van der Waals surface area contributed by atoms with E-state index in [0.717, 1.165) is 6.54 Å². The minimum atomic E-state index is 0.348. The zero-order valence-electron chi connectivity index (χ0n) is 10.8. The van der Waals surface area contributed by atoms with Gasteiger partial charge in [0.25, 0.3) is 0 Å². The number of thioether (sulfide) groups is 1. The molecule has 0 aliphatic rings. The topological polar surface area (TPSA) is 24.9 Å². The van der Waals surface area contributed by atoms with Crippen LogP contribution in [-0.2, 0) is 6.54 Å². The predicted octanol–water partition coefficient (Wildman–Crippen LogP) is 3.65. The third kappa shape index (κ3) is 3.59. The number of benzene rings is 1. The summed E-state index contributed by atoms with van der Waals surface area (Å²) in [6.45, 7) is 3.03. The molecule has 2 nitrogen and oxygen atoms in total. The average Bonchev–Trinajstić information content (AvgIpc) is 2.46. The number of nitrogens with zero attached hydrogens (tertiary/aromatic N) is 1. The highest BCUT2D eigenvalue weighted by Crippen LogP contribution is 2.19. The molecule has 1 aromatic heterocycles. The normalized spacial score (nSPS) is 12.3. The van der Waals surface area contributed by atoms with E-state index >= 15 is 0 Å². The van der Waals surface area contributed by atoms with Crippen LogP contribution >= 0.6 is 11.8 Å². The fraction of sp³-hybridized carbons (Fsp3) is 0.267. The molecule has 3 heteroatoms. The number of hydrogen-bond acceptors (Lipinski definition) is 3. The molecule has 1 aromatic carbocycles. The van der Waals surface area contributed by atoms with Gasteiger partial charge in [0.1, 0.15) is 0 Å². The number of hydrogen-bond donors (Lipinski definition) is 1. The van der Waals surface area contributed by atoms with Crippen LogP contribution in [0.25, 0.3) is 0 Å². The number of aromatic nitrogens is 1. The molecular formula is C15H18N2S. The minimum Gasteiger partial charge on any atom is -0.306 e. The third-order valence-corrected chi connectivity index (χ3v) is 3.69. The van der Waals surface area contributed by atoms with Crippen molar-refractivity contribution in [1.29, 1.82) is 0 Å². The van der Waals surface area contributed by atoms with Crippen LogP contribution in [-0.4, -0.2) is 11.2 Å². The molecule has 1 atom stereocenters. The molecule has 2 rings (SSSR count). The Kier molecular flexibility index (Phi) is 4.79. The zero-order chi connectivity index (χ0) is 12.8. The van der Waals surface area contributed by atoms with Gasteiger partial charge in [-0.1, -0.05) is 18.2 Å². The van der Waals surface area contributed by atoms with Crippen molar-refractivity contribution in [2.24, 2.45) is 0 Å². The molecule has 94 valence electrons. The lowest BCUT2D eigenvalue weighted by atomic mass is 10.1. The second-order valence-electron chi connectivity index (χ2n) is 4.24. The first-order valence-corrected chi connectivity index (χ1v) is 7.28. The van der Waals surface area contributed by atoms with Gasteiger partial charge in [-0.25, -0.2) is 0 Å². The van der Waals surface area contributed by atoms with Gasteiger partial charge in [0, 0.05) is 29.9 Å². The summed E-state index contributed by atoms with van der Waals surface area (Å²) in [6.07, 6.45) is 5.80. The Bertz CT molecular complexity index is 468. The van der Waals surface area contributed by atoms with Crippen LogP contribution in [0.3, 0.4) is 0 Å². The Morgan fingerprint density at radius 1 is 1.22 bits per heavy atom. The summed E-state index contributed by atoms with van der Waals surface area (Å²) >= 11 is 1.77. The quantitative estimate of drug-likeness (QED) is 0.829. The Morgan fingerprint density at radius 3 is 2.61 bits per heavy atom. The van der Waals surface area contributed by atoms with Gasteiger partial charge in [-0.3, -0.25) is 4.98 Å². The summed E-state index contributed by atoms with van der Waals surface area (Å²) in [4.78, 5) is 5.42. The van der Waals surface area contributed by atoms with Gasteiger partial charge in [0.05, 0.1) is 0 Å². The number of rotatable bonds is 5. The summed E-state index contributed by atoms with van der Waals surface area (Å²) < 4.78 is 0. The van der Waals surface area contributed by atoms with Gasteiger partial charge < -0.3 is 5.32 Å². The fourth-order valence-corrected chi connectivity index (χ4v) is 2.19. The molecule has 0 aliphatic heterocycles. The minimum absolute atomic E-state index is 0.348. The largest absolute Gasteiger partial charge is 0.306 e. The van der Waals surface area contributed by atoms with E-state index in [1.165, 1.54) is 16.0 Å². The van der Waals surface area contributed by atoms with Crippen molar-refractivity contribution in [1.82, 2.24) is 10.3 Å². The molecule has 0 amide bonds. The van der Waals surface area contributed by atoms with Crippen molar-refractivity contribution >= 4 is 11.8 Å². The first-order valence-electron chi connectivity index (χ1n) is 6.06. The Balaban J connectivity index is 1.93. The van der Waals surface area contributed by atoms with Crippen LogP contribution in [0.5, 0.6) is 0 Å². The van der Waals surface area contributed by atoms with Crippen LogP contribution in [0.4, 0.5) is 0 Å². The zero-order valence-corrected chi connectivity index (χ0v) is 11.6. The van der Waals surface area contributed by atoms with Crippen molar-refractivity contribution in [2.45, 2.75) is 24.4 Å². The lowest BCUT2D eigenvalue weighted by molar-refractivity contribution is 0.573. The highest BCUT2D eigenvalue weighted by molar-refractivity contribution is 7.98. The van der Waals surface area contributed by atoms with Crippen LogP contribution in [0.1, 0.15) is 24.1 Å². The first kappa shape index (κ1) is 13.1. The van der Waals surface area contributed by atoms with E-state index in [9.17, 15) is 0 Å². The van der Waals surface area contributed by atoms with Crippen molar-refractivity contribution in [3.05, 3.63) is 59.9 Å². The Hall–Kier alpha value is -1.32. The van der Waals surface area contributed by atoms with Crippen molar-refractivity contribution in [3.8, 4) is 0 Å². The van der Waals surface area contributed by atoms with Crippen LogP contribution in [0.2, 0.25) is 0 Å². The van der Waals surface area contributed by atoms with E-state index in [4.69, 9.17) is 0 Å². The Morgan fingerprint density at radius 2 is 2.00 bits per heavy atom. The molecule has 2 aromatic rings. The summed E-state index contributed by atoms with van der Waals surface area (Å²) in [7, 11) is 0. The van der Waals surface area contributed by atoms with Gasteiger partial charge in [-0.15, -0.1) is 11.8 Å². The molecule has 0 saturated carbocycles. The van der Waals surface area contributed by atoms with Gasteiger partial charge in [-0.05, 0) is 42.5 Å². The van der Waals surface area contributed by atoms with Gasteiger partial charge in [0.2, 0.25) is 0 Å². The first-order chi connectivity index (χ1) is 8.79. The number of pyridine rings is 1. The van der Waals surface area contributed by atoms with E-state index in [0.29, 0.717) is 6.04 Å². The summed E-state index contributed by atoms with van der Waals surface area (Å²) in [5.41, 5.74) is 2.53. The maximum absolute atomic E-state index is 4.12. The molecule has 0 spiro atoms. The molecular weight excluding hydrogens is 240 g/mol. The van der Waals surface area contributed by atoms with Gasteiger partial charge in [0.15, 0.2) is 0 Å².